The van der Waals surface area contributed by atoms with Gasteiger partial charge in [0.1, 0.15) is 11.7 Å². The number of nitrogens with zero attached hydrogens (tertiary/aromatic N) is 6. The van der Waals surface area contributed by atoms with E-state index in [0.29, 0.717) is 33.6 Å². The smallest absolute Gasteiger partial charge is 0.243 e. The average molecular weight is 411 g/mol. The van der Waals surface area contributed by atoms with Gasteiger partial charge in [0.05, 0.1) is 23.5 Å². The maximum absolute atomic E-state index is 6.14. The first-order chi connectivity index (χ1) is 13.0. The predicted octanol–water partition coefficient (Wildman–Crippen LogP) is 2.16. The second kappa shape index (κ2) is 8.33. The van der Waals surface area contributed by atoms with Gasteiger partial charge in [-0.25, -0.2) is 4.63 Å². The zero-order valence-electron chi connectivity index (χ0n) is 14.4. The van der Waals surface area contributed by atoms with Gasteiger partial charge in [0.25, 0.3) is 0 Å². The lowest BCUT2D eigenvalue weighted by atomic mass is 10.2. The van der Waals surface area contributed by atoms with Crippen LogP contribution in [0.1, 0.15) is 23.0 Å². The van der Waals surface area contributed by atoms with Gasteiger partial charge in [0, 0.05) is 17.7 Å². The predicted molar refractivity (Wildman–Crippen MR) is 100 cm³/mol. The van der Waals surface area contributed by atoms with Crippen LogP contribution in [0.25, 0.3) is 5.82 Å². The van der Waals surface area contributed by atoms with E-state index in [2.05, 4.69) is 35.8 Å². The van der Waals surface area contributed by atoms with Gasteiger partial charge in [-0.1, -0.05) is 34.5 Å². The molecule has 10 nitrogen and oxygen atoms in total. The molecule has 3 rings (SSSR count). The number of aromatic nitrogens is 5. The molecule has 142 valence electrons. The van der Waals surface area contributed by atoms with Crippen molar-refractivity contribution in [1.29, 1.82) is 0 Å². The van der Waals surface area contributed by atoms with Crippen molar-refractivity contribution in [3.8, 4) is 5.82 Å². The fraction of sp³-hybridized carbons (Fsp3) is 0.267. The third-order valence-corrected chi connectivity index (χ3v) is 4.25. The number of nitrogens with two attached hydrogens (primary N) is 1. The van der Waals surface area contributed by atoms with Crippen LogP contribution in [0.2, 0.25) is 10.0 Å². The number of anilines is 1. The number of nitrogen functional groups attached to an aromatic ring is 1. The Morgan fingerprint density at radius 1 is 1.41 bits per heavy atom. The zero-order valence-corrected chi connectivity index (χ0v) is 15.9. The lowest BCUT2D eigenvalue weighted by Crippen LogP contribution is -2.22. The van der Waals surface area contributed by atoms with E-state index in [9.17, 15) is 0 Å². The van der Waals surface area contributed by atoms with E-state index in [4.69, 9.17) is 33.7 Å². The van der Waals surface area contributed by atoms with E-state index >= 15 is 0 Å². The minimum atomic E-state index is -0.368. The lowest BCUT2D eigenvalue weighted by molar-refractivity contribution is 0.166. The summed E-state index contributed by atoms with van der Waals surface area (Å²) in [5.41, 5.74) is 10.7. The third kappa shape index (κ3) is 4.18. The Morgan fingerprint density at radius 2 is 2.22 bits per heavy atom. The van der Waals surface area contributed by atoms with Gasteiger partial charge in [-0.05, 0) is 29.4 Å². The van der Waals surface area contributed by atoms with Gasteiger partial charge >= 0.3 is 0 Å². The second-order valence-corrected chi connectivity index (χ2v) is 6.35. The summed E-state index contributed by atoms with van der Waals surface area (Å²) in [6.45, 7) is 2.12. The van der Waals surface area contributed by atoms with Crippen LogP contribution in [0.4, 0.5) is 5.82 Å². The van der Waals surface area contributed by atoms with Gasteiger partial charge in [0.15, 0.2) is 0 Å². The molecule has 1 unspecified atom stereocenters. The van der Waals surface area contributed by atoms with Crippen LogP contribution in [0.5, 0.6) is 0 Å². The Balaban J connectivity index is 1.81. The fourth-order valence-electron chi connectivity index (χ4n) is 2.35. The number of hydrogen-bond acceptors (Lipinski definition) is 9. The number of hydrazone groups is 1. The summed E-state index contributed by atoms with van der Waals surface area (Å²) in [7, 11) is 1.58. The van der Waals surface area contributed by atoms with Crippen LogP contribution in [-0.2, 0) is 4.74 Å². The Labute approximate surface area is 164 Å². The first-order valence-corrected chi connectivity index (χ1v) is 8.50. The topological polar surface area (TPSA) is 129 Å². The fourth-order valence-corrected chi connectivity index (χ4v) is 2.81. The van der Waals surface area contributed by atoms with E-state index in [-0.39, 0.29) is 17.7 Å². The molecule has 0 radical (unpaired) electrons. The van der Waals surface area contributed by atoms with Crippen LogP contribution in [0.3, 0.4) is 0 Å². The van der Waals surface area contributed by atoms with Gasteiger partial charge in [0.2, 0.25) is 11.6 Å². The summed E-state index contributed by atoms with van der Waals surface area (Å²) in [5.74, 6) is 0.375. The van der Waals surface area contributed by atoms with Crippen LogP contribution in [0.15, 0.2) is 27.9 Å². The molecule has 0 aliphatic rings. The van der Waals surface area contributed by atoms with E-state index in [1.807, 2.05) is 6.92 Å². The molecule has 1 atom stereocenters. The number of ether oxygens (including phenoxy) is 1. The highest BCUT2D eigenvalue weighted by Crippen LogP contribution is 2.21. The minimum Gasteiger partial charge on any atom is -0.382 e. The maximum Gasteiger partial charge on any atom is 0.243 e. The van der Waals surface area contributed by atoms with Crippen molar-refractivity contribution in [3.63, 3.8) is 0 Å². The molecule has 1 aromatic carbocycles. The van der Waals surface area contributed by atoms with Crippen LogP contribution in [0, 0.1) is 6.92 Å². The van der Waals surface area contributed by atoms with Crippen molar-refractivity contribution in [2.24, 2.45) is 5.10 Å². The molecule has 0 saturated heterocycles. The molecule has 0 saturated carbocycles. The standard InChI is InChI=1S/C15H16Cl2N8O2/c1-8-13(21-24-25(8)15-14(18)22-27-23-15)12(7-26-2)20-19-6-9-3-4-10(16)5-11(9)17/h3-6,12,20H,7H2,1-2H3,(H2,18,22)/b19-6+. The molecular weight excluding hydrogens is 395 g/mol. The molecule has 27 heavy (non-hydrogen) atoms. The Hall–Kier alpha value is -2.69. The highest BCUT2D eigenvalue weighted by atomic mass is 35.5. The van der Waals surface area contributed by atoms with E-state index in [1.165, 1.54) is 4.68 Å². The average Bonchev–Trinajstić information content (AvgIpc) is 3.21. The van der Waals surface area contributed by atoms with Crippen molar-refractivity contribution in [1.82, 2.24) is 30.7 Å². The highest BCUT2D eigenvalue weighted by Gasteiger charge is 2.22. The Kier molecular flexibility index (Phi) is 5.89. The third-order valence-electron chi connectivity index (χ3n) is 3.69. The normalized spacial score (nSPS) is 12.6. The number of halogens is 2. The number of methoxy groups -OCH3 is 1. The van der Waals surface area contributed by atoms with Crippen LogP contribution < -0.4 is 11.2 Å². The molecule has 2 heterocycles. The van der Waals surface area contributed by atoms with Gasteiger partial charge in [-0.3, -0.25) is 5.43 Å². The van der Waals surface area contributed by atoms with E-state index < -0.39 is 0 Å². The number of nitrogens with one attached hydrogen (secondary N) is 1. The Morgan fingerprint density at radius 3 is 2.89 bits per heavy atom. The first-order valence-electron chi connectivity index (χ1n) is 7.74. The van der Waals surface area contributed by atoms with Gasteiger partial charge in [-0.2, -0.15) is 9.78 Å². The van der Waals surface area contributed by atoms with Gasteiger partial charge < -0.3 is 10.5 Å². The lowest BCUT2D eigenvalue weighted by Gasteiger charge is -2.14. The van der Waals surface area contributed by atoms with Crippen molar-refractivity contribution in [2.45, 2.75) is 13.0 Å². The first kappa shape index (κ1) is 19.1. The van der Waals surface area contributed by atoms with Crippen molar-refractivity contribution in [3.05, 3.63) is 45.2 Å². The molecule has 12 heteroatoms. The highest BCUT2D eigenvalue weighted by molar-refractivity contribution is 6.36. The van der Waals surface area contributed by atoms with Gasteiger partial charge in [-0.15, -0.1) is 5.10 Å². The number of hydrogen-bond donors (Lipinski definition) is 2. The zero-order chi connectivity index (χ0) is 19.4. The van der Waals surface area contributed by atoms with Crippen molar-refractivity contribution >= 4 is 35.2 Å². The largest absolute Gasteiger partial charge is 0.382 e. The monoisotopic (exact) mass is 410 g/mol. The molecular formula is C15H16Cl2N8O2. The van der Waals surface area contributed by atoms with Crippen molar-refractivity contribution in [2.75, 3.05) is 19.5 Å². The molecule has 3 aromatic rings. The minimum absolute atomic E-state index is 0.112. The molecule has 0 bridgehead atoms. The molecule has 3 N–H and O–H groups in total. The molecule has 0 aliphatic heterocycles. The van der Waals surface area contributed by atoms with Crippen LogP contribution in [-0.4, -0.2) is 45.2 Å². The summed E-state index contributed by atoms with van der Waals surface area (Å²) in [4.78, 5) is 0. The molecule has 0 aliphatic carbocycles. The molecule has 0 fully saturated rings. The quantitative estimate of drug-likeness (QED) is 0.447. The van der Waals surface area contributed by atoms with Crippen molar-refractivity contribution < 1.29 is 9.37 Å². The summed E-state index contributed by atoms with van der Waals surface area (Å²) < 4.78 is 11.3. The summed E-state index contributed by atoms with van der Waals surface area (Å²) in [5, 5.41) is 20.8. The summed E-state index contributed by atoms with van der Waals surface area (Å²) >= 11 is 12.0. The second-order valence-electron chi connectivity index (χ2n) is 5.51. The van der Waals surface area contributed by atoms with E-state index in [1.54, 1.807) is 31.5 Å². The van der Waals surface area contributed by atoms with Crippen LogP contribution >= 0.6 is 23.2 Å². The molecule has 0 spiro atoms. The SMILES string of the molecule is COCC(N/N=C/c1ccc(Cl)cc1Cl)c1nnn(-c2nonc2N)c1C. The molecule has 2 aromatic heterocycles. The summed E-state index contributed by atoms with van der Waals surface area (Å²) in [6, 6.07) is 4.77. The Bertz CT molecular complexity index is 955. The van der Waals surface area contributed by atoms with E-state index in [0.717, 1.165) is 0 Å². The molecule has 0 amide bonds. The maximum atomic E-state index is 6.14. The summed E-state index contributed by atoms with van der Waals surface area (Å²) in [6.07, 6.45) is 1.58. The number of rotatable bonds is 7. The number of benzene rings is 1.